The number of nitrogens with one attached hydrogen (secondary N) is 1. The molecule has 0 radical (unpaired) electrons. The maximum atomic E-state index is 12.6. The number of benzene rings is 1. The first-order valence-electron chi connectivity index (χ1n) is 10.2. The van der Waals surface area contributed by atoms with E-state index in [-0.39, 0.29) is 24.1 Å². The van der Waals surface area contributed by atoms with Gasteiger partial charge >= 0.3 is 0 Å². The molecule has 0 spiro atoms. The fourth-order valence-corrected chi connectivity index (χ4v) is 4.67. The standard InChI is InChI=1S/C22H24N4O4S/c1-25(14-17-5-4-12-30-17)21(29)15-6-8-16(9-7-15)23-19(27)13-18-20(28)24-22(31-18)26-10-2-3-11-26/h4-9,12,18H,2-3,10-11,13-14H2,1H3,(H,23,27). The van der Waals surface area contributed by atoms with Gasteiger partial charge in [0.15, 0.2) is 5.17 Å². The summed E-state index contributed by atoms with van der Waals surface area (Å²) in [7, 11) is 1.70. The second-order valence-corrected chi connectivity index (χ2v) is 8.77. The Labute approximate surface area is 184 Å². The zero-order chi connectivity index (χ0) is 21.8. The first-order valence-corrected chi connectivity index (χ1v) is 11.1. The van der Waals surface area contributed by atoms with E-state index >= 15 is 0 Å². The third-order valence-electron chi connectivity index (χ3n) is 5.21. The van der Waals surface area contributed by atoms with E-state index in [1.165, 1.54) is 11.8 Å². The SMILES string of the molecule is CN(Cc1ccco1)C(=O)c1ccc(NC(=O)CC2SC(N3CCCC3)=NC2=O)cc1. The largest absolute Gasteiger partial charge is 0.467 e. The van der Waals surface area contributed by atoms with E-state index < -0.39 is 5.25 Å². The van der Waals surface area contributed by atoms with E-state index in [9.17, 15) is 14.4 Å². The highest BCUT2D eigenvalue weighted by atomic mass is 32.2. The molecule has 31 heavy (non-hydrogen) atoms. The van der Waals surface area contributed by atoms with Crippen LogP contribution in [0.4, 0.5) is 5.69 Å². The zero-order valence-corrected chi connectivity index (χ0v) is 18.1. The summed E-state index contributed by atoms with van der Waals surface area (Å²) < 4.78 is 5.27. The lowest BCUT2D eigenvalue weighted by Crippen LogP contribution is -2.26. The average molecular weight is 441 g/mol. The molecule has 3 heterocycles. The Balaban J connectivity index is 1.28. The Morgan fingerprint density at radius 3 is 2.65 bits per heavy atom. The lowest BCUT2D eigenvalue weighted by molar-refractivity contribution is -0.121. The Morgan fingerprint density at radius 1 is 1.23 bits per heavy atom. The molecule has 8 nitrogen and oxygen atoms in total. The molecular formula is C22H24N4O4S. The predicted molar refractivity (Wildman–Crippen MR) is 119 cm³/mol. The number of carbonyl (C=O) groups is 3. The van der Waals surface area contributed by atoms with Gasteiger partial charge in [-0.1, -0.05) is 11.8 Å². The van der Waals surface area contributed by atoms with Crippen molar-refractivity contribution in [1.82, 2.24) is 9.80 Å². The number of likely N-dealkylation sites (tertiary alicyclic amines) is 1. The van der Waals surface area contributed by atoms with Crippen LogP contribution < -0.4 is 5.32 Å². The summed E-state index contributed by atoms with van der Waals surface area (Å²) in [4.78, 5) is 44.9. The number of carbonyl (C=O) groups excluding carboxylic acids is 3. The number of anilines is 1. The molecule has 1 atom stereocenters. The van der Waals surface area contributed by atoms with Crippen LogP contribution in [0.1, 0.15) is 35.4 Å². The summed E-state index contributed by atoms with van der Waals surface area (Å²) in [6, 6.07) is 10.3. The lowest BCUT2D eigenvalue weighted by atomic mass is 10.1. The molecule has 1 N–H and O–H groups in total. The third kappa shape index (κ3) is 5.16. The molecule has 1 saturated heterocycles. The van der Waals surface area contributed by atoms with Crippen molar-refractivity contribution in [2.75, 3.05) is 25.5 Å². The summed E-state index contributed by atoms with van der Waals surface area (Å²) in [5.41, 5.74) is 1.09. The van der Waals surface area contributed by atoms with Crippen LogP contribution in [0.2, 0.25) is 0 Å². The first-order chi connectivity index (χ1) is 15.0. The molecule has 3 amide bonds. The van der Waals surface area contributed by atoms with E-state index in [1.807, 2.05) is 6.07 Å². The van der Waals surface area contributed by atoms with Crippen LogP contribution in [0.15, 0.2) is 52.1 Å². The van der Waals surface area contributed by atoms with Gasteiger partial charge in [-0.05, 0) is 49.2 Å². The molecular weight excluding hydrogens is 416 g/mol. The molecule has 2 aliphatic heterocycles. The molecule has 1 unspecified atom stereocenters. The quantitative estimate of drug-likeness (QED) is 0.742. The Kier molecular flexibility index (Phi) is 6.41. The smallest absolute Gasteiger partial charge is 0.262 e. The van der Waals surface area contributed by atoms with Gasteiger partial charge in [-0.2, -0.15) is 4.99 Å². The lowest BCUT2D eigenvalue weighted by Gasteiger charge is -2.16. The molecule has 2 aliphatic rings. The van der Waals surface area contributed by atoms with Crippen LogP contribution in [-0.2, 0) is 16.1 Å². The summed E-state index contributed by atoms with van der Waals surface area (Å²) in [6.07, 6.45) is 3.85. The minimum atomic E-state index is -0.480. The average Bonchev–Trinajstić information content (AvgIpc) is 3.51. The van der Waals surface area contributed by atoms with Crippen LogP contribution in [0.25, 0.3) is 0 Å². The van der Waals surface area contributed by atoms with E-state index in [0.29, 0.717) is 23.6 Å². The van der Waals surface area contributed by atoms with Crippen LogP contribution in [0.3, 0.4) is 0 Å². The van der Waals surface area contributed by atoms with Crippen molar-refractivity contribution in [1.29, 1.82) is 0 Å². The van der Waals surface area contributed by atoms with Gasteiger partial charge in [-0.25, -0.2) is 0 Å². The van der Waals surface area contributed by atoms with Crippen molar-refractivity contribution < 1.29 is 18.8 Å². The van der Waals surface area contributed by atoms with E-state index in [1.54, 1.807) is 48.5 Å². The summed E-state index contributed by atoms with van der Waals surface area (Å²) >= 11 is 1.37. The maximum absolute atomic E-state index is 12.6. The number of rotatable bonds is 6. The fraction of sp³-hybridized carbons (Fsp3) is 0.364. The van der Waals surface area contributed by atoms with Gasteiger partial charge in [0.2, 0.25) is 5.91 Å². The highest BCUT2D eigenvalue weighted by Gasteiger charge is 2.33. The number of nitrogens with zero attached hydrogens (tertiary/aromatic N) is 3. The highest BCUT2D eigenvalue weighted by molar-refractivity contribution is 8.15. The topological polar surface area (TPSA) is 95.2 Å². The number of hydrogen-bond acceptors (Lipinski definition) is 6. The predicted octanol–water partition coefficient (Wildman–Crippen LogP) is 2.97. The maximum Gasteiger partial charge on any atom is 0.262 e. The molecule has 1 aromatic carbocycles. The minimum absolute atomic E-state index is 0.0664. The summed E-state index contributed by atoms with van der Waals surface area (Å²) in [5, 5.41) is 3.05. The first kappa shape index (κ1) is 21.2. The second-order valence-electron chi connectivity index (χ2n) is 7.60. The Hall–Kier alpha value is -3.07. The molecule has 2 aromatic rings. The normalized spacial score (nSPS) is 18.2. The number of furan rings is 1. The number of amidine groups is 1. The highest BCUT2D eigenvalue weighted by Crippen LogP contribution is 2.29. The summed E-state index contributed by atoms with van der Waals surface area (Å²) in [6.45, 7) is 2.21. The van der Waals surface area contributed by atoms with Gasteiger partial charge in [0.05, 0.1) is 12.8 Å². The van der Waals surface area contributed by atoms with E-state index in [4.69, 9.17) is 4.42 Å². The molecule has 1 aromatic heterocycles. The molecule has 0 bridgehead atoms. The van der Waals surface area contributed by atoms with Crippen LogP contribution >= 0.6 is 11.8 Å². The molecule has 0 saturated carbocycles. The summed E-state index contributed by atoms with van der Waals surface area (Å²) in [5.74, 6) is 0.0603. The fourth-order valence-electron chi connectivity index (χ4n) is 3.56. The van der Waals surface area contributed by atoms with Crippen molar-refractivity contribution in [3.63, 3.8) is 0 Å². The number of thioether (sulfide) groups is 1. The molecule has 9 heteroatoms. The Morgan fingerprint density at radius 2 is 1.97 bits per heavy atom. The zero-order valence-electron chi connectivity index (χ0n) is 17.2. The number of aliphatic imine (C=N–C) groups is 1. The monoisotopic (exact) mass is 440 g/mol. The van der Waals surface area contributed by atoms with Crippen LogP contribution in [0, 0.1) is 0 Å². The van der Waals surface area contributed by atoms with Crippen LogP contribution in [0.5, 0.6) is 0 Å². The number of hydrogen-bond donors (Lipinski definition) is 1. The van der Waals surface area contributed by atoms with E-state index in [2.05, 4.69) is 15.2 Å². The van der Waals surface area contributed by atoms with Crippen molar-refractivity contribution in [2.45, 2.75) is 31.1 Å². The second kappa shape index (κ2) is 9.38. The molecule has 0 aliphatic carbocycles. The van der Waals surface area contributed by atoms with Crippen molar-refractivity contribution in [2.24, 2.45) is 4.99 Å². The molecule has 1 fully saturated rings. The molecule has 4 rings (SSSR count). The van der Waals surface area contributed by atoms with E-state index in [0.717, 1.165) is 31.1 Å². The van der Waals surface area contributed by atoms with Crippen molar-refractivity contribution >= 4 is 40.3 Å². The van der Waals surface area contributed by atoms with Gasteiger partial charge in [0.25, 0.3) is 11.8 Å². The van der Waals surface area contributed by atoms with Gasteiger partial charge in [0.1, 0.15) is 11.0 Å². The van der Waals surface area contributed by atoms with Crippen LogP contribution in [-0.4, -0.2) is 58.1 Å². The molecule has 162 valence electrons. The van der Waals surface area contributed by atoms with Crippen molar-refractivity contribution in [3.05, 3.63) is 54.0 Å². The minimum Gasteiger partial charge on any atom is -0.467 e. The van der Waals surface area contributed by atoms with Gasteiger partial charge < -0.3 is 19.5 Å². The third-order valence-corrected chi connectivity index (χ3v) is 6.42. The Bertz CT molecular complexity index is 981. The van der Waals surface area contributed by atoms with Gasteiger partial charge in [0, 0.05) is 37.8 Å². The van der Waals surface area contributed by atoms with Crippen molar-refractivity contribution in [3.8, 4) is 0 Å². The van der Waals surface area contributed by atoms with Gasteiger partial charge in [-0.3, -0.25) is 14.4 Å². The number of amides is 3. The van der Waals surface area contributed by atoms with Gasteiger partial charge in [-0.15, -0.1) is 0 Å².